The summed E-state index contributed by atoms with van der Waals surface area (Å²) in [6.45, 7) is 4.67. The molecule has 0 amide bonds. The number of aromatic nitrogens is 1. The van der Waals surface area contributed by atoms with E-state index in [0.29, 0.717) is 12.2 Å². The standard InChI is InChI=1S/C16H15NO2S/c1-10-4-3-5-12(6-10)9-17-13-7-11(2)20-15(13)8-14(17)16(18)19/h3-8H,9H2,1-2H3,(H,18,19). The number of carboxylic acid groups (broad SMARTS) is 1. The van der Waals surface area contributed by atoms with Crippen LogP contribution in [0.15, 0.2) is 36.4 Å². The lowest BCUT2D eigenvalue weighted by Gasteiger charge is -2.08. The molecule has 2 heterocycles. The SMILES string of the molecule is Cc1cccc(Cn2c(C(=O)O)cc3sc(C)cc32)c1. The van der Waals surface area contributed by atoms with Gasteiger partial charge in [0.25, 0.3) is 0 Å². The highest BCUT2D eigenvalue weighted by Gasteiger charge is 2.16. The van der Waals surface area contributed by atoms with Crippen molar-refractivity contribution in [3.05, 3.63) is 58.1 Å². The normalized spacial score (nSPS) is 11.1. The van der Waals surface area contributed by atoms with Gasteiger partial charge in [0.15, 0.2) is 0 Å². The van der Waals surface area contributed by atoms with E-state index in [9.17, 15) is 9.90 Å². The molecule has 1 N–H and O–H groups in total. The van der Waals surface area contributed by atoms with Gasteiger partial charge in [0.2, 0.25) is 0 Å². The lowest BCUT2D eigenvalue weighted by Crippen LogP contribution is -2.09. The molecule has 3 aromatic rings. The molecule has 0 aliphatic rings. The zero-order valence-corrected chi connectivity index (χ0v) is 12.2. The third-order valence-corrected chi connectivity index (χ3v) is 4.34. The second-order valence-corrected chi connectivity index (χ2v) is 6.30. The topological polar surface area (TPSA) is 42.2 Å². The van der Waals surface area contributed by atoms with Crippen molar-refractivity contribution in [2.45, 2.75) is 20.4 Å². The van der Waals surface area contributed by atoms with Gasteiger partial charge in [-0.05, 0) is 31.5 Å². The second-order valence-electron chi connectivity index (χ2n) is 5.02. The number of thiophene rings is 1. The largest absolute Gasteiger partial charge is 0.477 e. The molecule has 20 heavy (non-hydrogen) atoms. The minimum Gasteiger partial charge on any atom is -0.477 e. The molecule has 0 aliphatic heterocycles. The van der Waals surface area contributed by atoms with Crippen molar-refractivity contribution < 1.29 is 9.90 Å². The summed E-state index contributed by atoms with van der Waals surface area (Å²) in [4.78, 5) is 12.6. The predicted molar refractivity (Wildman–Crippen MR) is 81.8 cm³/mol. The van der Waals surface area contributed by atoms with Crippen LogP contribution in [0.1, 0.15) is 26.5 Å². The number of aryl methyl sites for hydroxylation is 2. The molecular weight excluding hydrogens is 270 g/mol. The molecule has 0 aliphatic carbocycles. The molecule has 2 aromatic heterocycles. The first-order valence-corrected chi connectivity index (χ1v) is 7.25. The number of hydrogen-bond donors (Lipinski definition) is 1. The van der Waals surface area contributed by atoms with Crippen LogP contribution in [0, 0.1) is 13.8 Å². The number of hydrogen-bond acceptors (Lipinski definition) is 2. The Morgan fingerprint density at radius 3 is 2.75 bits per heavy atom. The molecule has 0 fully saturated rings. The minimum absolute atomic E-state index is 0.354. The van der Waals surface area contributed by atoms with Gasteiger partial charge in [-0.1, -0.05) is 29.8 Å². The van der Waals surface area contributed by atoms with Crippen molar-refractivity contribution in [1.82, 2.24) is 4.57 Å². The van der Waals surface area contributed by atoms with E-state index < -0.39 is 5.97 Å². The molecule has 4 heteroatoms. The van der Waals surface area contributed by atoms with Gasteiger partial charge in [-0.3, -0.25) is 0 Å². The zero-order chi connectivity index (χ0) is 14.3. The molecule has 0 saturated carbocycles. The summed E-state index contributed by atoms with van der Waals surface area (Å²) in [6, 6.07) is 12.0. The minimum atomic E-state index is -0.876. The highest BCUT2D eigenvalue weighted by molar-refractivity contribution is 7.19. The van der Waals surface area contributed by atoms with E-state index in [2.05, 4.69) is 12.1 Å². The Morgan fingerprint density at radius 1 is 1.25 bits per heavy atom. The smallest absolute Gasteiger partial charge is 0.352 e. The van der Waals surface area contributed by atoms with Crippen molar-refractivity contribution in [2.75, 3.05) is 0 Å². The van der Waals surface area contributed by atoms with Gasteiger partial charge in [0, 0.05) is 11.4 Å². The lowest BCUT2D eigenvalue weighted by atomic mass is 10.1. The van der Waals surface area contributed by atoms with Crippen LogP contribution >= 0.6 is 11.3 Å². The number of aromatic carboxylic acids is 1. The molecule has 0 spiro atoms. The van der Waals surface area contributed by atoms with Crippen molar-refractivity contribution in [3.63, 3.8) is 0 Å². The first kappa shape index (κ1) is 12.9. The maximum atomic E-state index is 11.4. The van der Waals surface area contributed by atoms with Gasteiger partial charge in [-0.2, -0.15) is 0 Å². The van der Waals surface area contributed by atoms with Crippen LogP contribution in [0.3, 0.4) is 0 Å². The number of fused-ring (bicyclic) bond motifs is 1. The Labute approximate surface area is 121 Å². The summed E-state index contributed by atoms with van der Waals surface area (Å²) < 4.78 is 2.92. The summed E-state index contributed by atoms with van der Waals surface area (Å²) in [5.41, 5.74) is 3.66. The fraction of sp³-hybridized carbons (Fsp3) is 0.188. The second kappa shape index (κ2) is 4.80. The van der Waals surface area contributed by atoms with Gasteiger partial charge in [-0.15, -0.1) is 11.3 Å². The van der Waals surface area contributed by atoms with E-state index in [1.807, 2.05) is 36.6 Å². The van der Waals surface area contributed by atoms with Crippen molar-refractivity contribution >= 4 is 27.5 Å². The fourth-order valence-corrected chi connectivity index (χ4v) is 3.47. The van der Waals surface area contributed by atoms with Gasteiger partial charge in [0.05, 0.1) is 10.2 Å². The third kappa shape index (κ3) is 2.23. The Balaban J connectivity index is 2.12. The fourth-order valence-electron chi connectivity index (χ4n) is 2.51. The summed E-state index contributed by atoms with van der Waals surface area (Å²) in [5.74, 6) is -0.876. The zero-order valence-electron chi connectivity index (χ0n) is 11.4. The van der Waals surface area contributed by atoms with E-state index in [4.69, 9.17) is 0 Å². The quantitative estimate of drug-likeness (QED) is 0.788. The van der Waals surface area contributed by atoms with Crippen molar-refractivity contribution in [2.24, 2.45) is 0 Å². The number of carbonyl (C=O) groups is 1. The maximum Gasteiger partial charge on any atom is 0.352 e. The summed E-state index contributed by atoms with van der Waals surface area (Å²) in [5, 5.41) is 9.37. The first-order valence-electron chi connectivity index (χ1n) is 6.43. The summed E-state index contributed by atoms with van der Waals surface area (Å²) in [6.07, 6.45) is 0. The Hall–Kier alpha value is -2.07. The number of carboxylic acids is 1. The van der Waals surface area contributed by atoms with E-state index >= 15 is 0 Å². The number of nitrogens with zero attached hydrogens (tertiary/aromatic N) is 1. The average molecular weight is 285 g/mol. The molecule has 0 radical (unpaired) electrons. The van der Waals surface area contributed by atoms with E-state index in [-0.39, 0.29) is 0 Å². The van der Waals surface area contributed by atoms with Crippen LogP contribution in [0.2, 0.25) is 0 Å². The first-order chi connectivity index (χ1) is 9.54. The van der Waals surface area contributed by atoms with Gasteiger partial charge >= 0.3 is 5.97 Å². The summed E-state index contributed by atoms with van der Waals surface area (Å²) in [7, 11) is 0. The van der Waals surface area contributed by atoms with Gasteiger partial charge in [0.1, 0.15) is 5.69 Å². The number of benzene rings is 1. The molecule has 0 bridgehead atoms. The Kier molecular flexibility index (Phi) is 3.10. The monoisotopic (exact) mass is 285 g/mol. The van der Waals surface area contributed by atoms with E-state index in [0.717, 1.165) is 15.8 Å². The van der Waals surface area contributed by atoms with Crippen LogP contribution in [0.25, 0.3) is 10.2 Å². The van der Waals surface area contributed by atoms with Crippen LogP contribution in [0.4, 0.5) is 0 Å². The average Bonchev–Trinajstić information content (AvgIpc) is 2.87. The number of rotatable bonds is 3. The highest BCUT2D eigenvalue weighted by Crippen LogP contribution is 2.29. The lowest BCUT2D eigenvalue weighted by molar-refractivity contribution is 0.0686. The van der Waals surface area contributed by atoms with Crippen molar-refractivity contribution in [3.8, 4) is 0 Å². The van der Waals surface area contributed by atoms with Gasteiger partial charge in [-0.25, -0.2) is 4.79 Å². The van der Waals surface area contributed by atoms with E-state index in [1.54, 1.807) is 17.4 Å². The molecule has 3 rings (SSSR count). The third-order valence-electron chi connectivity index (χ3n) is 3.36. The molecule has 102 valence electrons. The molecule has 0 saturated heterocycles. The molecule has 1 aromatic carbocycles. The van der Waals surface area contributed by atoms with Crippen LogP contribution in [-0.4, -0.2) is 15.6 Å². The summed E-state index contributed by atoms with van der Waals surface area (Å²) >= 11 is 1.63. The predicted octanol–water partition coefficient (Wildman–Crippen LogP) is 4.07. The molecule has 0 atom stereocenters. The van der Waals surface area contributed by atoms with Crippen LogP contribution in [0.5, 0.6) is 0 Å². The Morgan fingerprint density at radius 2 is 2.05 bits per heavy atom. The molecule has 0 unspecified atom stereocenters. The van der Waals surface area contributed by atoms with E-state index in [1.165, 1.54) is 10.4 Å². The Bertz CT molecular complexity index is 798. The molecule has 3 nitrogen and oxygen atoms in total. The van der Waals surface area contributed by atoms with Crippen molar-refractivity contribution in [1.29, 1.82) is 0 Å². The van der Waals surface area contributed by atoms with Crippen LogP contribution in [-0.2, 0) is 6.54 Å². The van der Waals surface area contributed by atoms with Crippen LogP contribution < -0.4 is 0 Å². The maximum absolute atomic E-state index is 11.4. The molecular formula is C16H15NO2S. The van der Waals surface area contributed by atoms with Gasteiger partial charge < -0.3 is 9.67 Å². The highest BCUT2D eigenvalue weighted by atomic mass is 32.1.